The zero-order valence-electron chi connectivity index (χ0n) is 10.1. The van der Waals surface area contributed by atoms with Gasteiger partial charge in [-0.05, 0) is 40.4 Å². The lowest BCUT2D eigenvalue weighted by Gasteiger charge is -2.07. The Labute approximate surface area is 124 Å². The highest BCUT2D eigenvalue weighted by Crippen LogP contribution is 2.41. The third-order valence-electron chi connectivity index (χ3n) is 3.22. The van der Waals surface area contributed by atoms with E-state index in [4.69, 9.17) is 11.6 Å². The van der Waals surface area contributed by atoms with Gasteiger partial charge in [0.05, 0.1) is 5.69 Å². The molecule has 0 saturated heterocycles. The maximum Gasteiger partial charge on any atom is 0.265 e. The molecule has 0 aliphatic heterocycles. The maximum absolute atomic E-state index is 11.9. The highest BCUT2D eigenvalue weighted by Gasteiger charge is 2.28. The molecular formula is C14H12BrClN2O. The van der Waals surface area contributed by atoms with Crippen molar-refractivity contribution in [2.75, 3.05) is 0 Å². The molecule has 1 fully saturated rings. The molecule has 98 valence electrons. The number of aromatic nitrogens is 2. The lowest BCUT2D eigenvalue weighted by Crippen LogP contribution is -2.15. The molecule has 0 amide bonds. The van der Waals surface area contributed by atoms with E-state index in [-0.39, 0.29) is 5.56 Å². The number of aromatic amines is 1. The molecular weight excluding hydrogens is 328 g/mol. The van der Waals surface area contributed by atoms with Crippen LogP contribution in [0.25, 0.3) is 0 Å². The van der Waals surface area contributed by atoms with Crippen LogP contribution in [0.1, 0.15) is 35.8 Å². The predicted molar refractivity (Wildman–Crippen MR) is 78.8 cm³/mol. The van der Waals surface area contributed by atoms with Crippen molar-refractivity contribution >= 4 is 27.5 Å². The van der Waals surface area contributed by atoms with E-state index in [1.807, 2.05) is 24.3 Å². The Bertz CT molecular complexity index is 679. The molecule has 2 aromatic rings. The number of halogens is 2. The van der Waals surface area contributed by atoms with Crippen molar-refractivity contribution in [3.05, 3.63) is 61.2 Å². The van der Waals surface area contributed by atoms with Crippen LogP contribution in [0.4, 0.5) is 0 Å². The molecule has 1 heterocycles. The van der Waals surface area contributed by atoms with Gasteiger partial charge in [-0.25, -0.2) is 4.98 Å². The lowest BCUT2D eigenvalue weighted by molar-refractivity contribution is 0.871. The Morgan fingerprint density at radius 2 is 2.11 bits per heavy atom. The molecule has 5 heteroatoms. The summed E-state index contributed by atoms with van der Waals surface area (Å²) < 4.78 is 0.568. The summed E-state index contributed by atoms with van der Waals surface area (Å²) in [6.07, 6.45) is 2.77. The SMILES string of the molecule is O=c1[nH]c(Cc2ccccc2Cl)nc(C2CC2)c1Br. The predicted octanol–water partition coefficient (Wildman–Crippen LogP) is 3.65. The smallest absolute Gasteiger partial charge is 0.265 e. The van der Waals surface area contributed by atoms with E-state index in [2.05, 4.69) is 25.9 Å². The van der Waals surface area contributed by atoms with Crippen molar-refractivity contribution in [2.45, 2.75) is 25.2 Å². The molecule has 1 aromatic carbocycles. The number of H-pyrrole nitrogens is 1. The number of hydrogen-bond acceptors (Lipinski definition) is 2. The summed E-state index contributed by atoms with van der Waals surface area (Å²) in [6, 6.07) is 7.61. The molecule has 0 atom stereocenters. The van der Waals surface area contributed by atoms with Crippen molar-refractivity contribution < 1.29 is 0 Å². The number of nitrogens with zero attached hydrogens (tertiary/aromatic N) is 1. The molecule has 0 bridgehead atoms. The van der Waals surface area contributed by atoms with Gasteiger partial charge >= 0.3 is 0 Å². The van der Waals surface area contributed by atoms with Gasteiger partial charge in [-0.15, -0.1) is 0 Å². The van der Waals surface area contributed by atoms with Gasteiger partial charge in [0.15, 0.2) is 0 Å². The first-order valence-corrected chi connectivity index (χ1v) is 7.34. The molecule has 0 unspecified atom stereocenters. The van der Waals surface area contributed by atoms with Gasteiger partial charge in [0.1, 0.15) is 10.3 Å². The van der Waals surface area contributed by atoms with E-state index in [1.165, 1.54) is 0 Å². The standard InChI is InChI=1S/C14H12BrClN2O/c15-12-13(8-5-6-8)17-11(18-14(12)19)7-9-3-1-2-4-10(9)16/h1-4,8H,5-7H2,(H,17,18,19). The summed E-state index contributed by atoms with van der Waals surface area (Å²) in [5.74, 6) is 1.10. The zero-order valence-corrected chi connectivity index (χ0v) is 12.5. The summed E-state index contributed by atoms with van der Waals surface area (Å²) >= 11 is 9.45. The molecule has 0 spiro atoms. The molecule has 1 aliphatic rings. The number of nitrogens with one attached hydrogen (secondary N) is 1. The minimum Gasteiger partial charge on any atom is -0.309 e. The maximum atomic E-state index is 11.9. The van der Waals surface area contributed by atoms with Gasteiger partial charge in [-0.1, -0.05) is 29.8 Å². The van der Waals surface area contributed by atoms with Gasteiger partial charge in [-0.3, -0.25) is 4.79 Å². The van der Waals surface area contributed by atoms with E-state index in [0.717, 1.165) is 24.1 Å². The van der Waals surface area contributed by atoms with E-state index < -0.39 is 0 Å². The Kier molecular flexibility index (Phi) is 3.46. The topological polar surface area (TPSA) is 45.8 Å². The third-order valence-corrected chi connectivity index (χ3v) is 4.35. The summed E-state index contributed by atoms with van der Waals surface area (Å²) in [7, 11) is 0. The van der Waals surface area contributed by atoms with E-state index in [0.29, 0.717) is 27.7 Å². The fourth-order valence-electron chi connectivity index (χ4n) is 2.06. The van der Waals surface area contributed by atoms with Crippen molar-refractivity contribution in [3.8, 4) is 0 Å². The highest BCUT2D eigenvalue weighted by molar-refractivity contribution is 9.10. The average Bonchev–Trinajstić information content (AvgIpc) is 3.20. The van der Waals surface area contributed by atoms with Gasteiger partial charge in [0.2, 0.25) is 0 Å². The van der Waals surface area contributed by atoms with Crippen LogP contribution in [-0.4, -0.2) is 9.97 Å². The van der Waals surface area contributed by atoms with Crippen LogP contribution in [0.3, 0.4) is 0 Å². The monoisotopic (exact) mass is 338 g/mol. The summed E-state index contributed by atoms with van der Waals surface area (Å²) in [6.45, 7) is 0. The van der Waals surface area contributed by atoms with Crippen LogP contribution in [0.15, 0.2) is 33.5 Å². The van der Waals surface area contributed by atoms with Crippen molar-refractivity contribution in [1.82, 2.24) is 9.97 Å². The minimum atomic E-state index is -0.112. The van der Waals surface area contributed by atoms with E-state index >= 15 is 0 Å². The van der Waals surface area contributed by atoms with Gasteiger partial charge in [-0.2, -0.15) is 0 Å². The van der Waals surface area contributed by atoms with Crippen molar-refractivity contribution in [2.24, 2.45) is 0 Å². The zero-order chi connectivity index (χ0) is 13.4. The van der Waals surface area contributed by atoms with Crippen LogP contribution in [0.2, 0.25) is 5.02 Å². The number of hydrogen-bond donors (Lipinski definition) is 1. The summed E-state index contributed by atoms with van der Waals surface area (Å²) in [5, 5.41) is 0.695. The first-order valence-electron chi connectivity index (χ1n) is 6.17. The van der Waals surface area contributed by atoms with Crippen molar-refractivity contribution in [1.29, 1.82) is 0 Å². The second kappa shape index (κ2) is 5.10. The van der Waals surface area contributed by atoms with Gasteiger partial charge in [0.25, 0.3) is 5.56 Å². The number of rotatable bonds is 3. The quantitative estimate of drug-likeness (QED) is 0.927. The molecule has 1 N–H and O–H groups in total. The lowest BCUT2D eigenvalue weighted by atomic mass is 10.1. The largest absolute Gasteiger partial charge is 0.309 e. The first kappa shape index (κ1) is 12.9. The normalized spacial score (nSPS) is 14.6. The molecule has 3 rings (SSSR count). The Morgan fingerprint density at radius 3 is 2.79 bits per heavy atom. The highest BCUT2D eigenvalue weighted by atomic mass is 79.9. The van der Waals surface area contributed by atoms with Gasteiger partial charge in [0, 0.05) is 17.4 Å². The van der Waals surface area contributed by atoms with Crippen LogP contribution in [0.5, 0.6) is 0 Å². The van der Waals surface area contributed by atoms with E-state index in [1.54, 1.807) is 0 Å². The summed E-state index contributed by atoms with van der Waals surface area (Å²) in [5.41, 5.74) is 1.74. The van der Waals surface area contributed by atoms with Crippen LogP contribution >= 0.6 is 27.5 Å². The Hall–Kier alpha value is -1.13. The third kappa shape index (κ3) is 2.74. The average molecular weight is 340 g/mol. The van der Waals surface area contributed by atoms with Crippen LogP contribution in [0, 0.1) is 0 Å². The summed E-state index contributed by atoms with van der Waals surface area (Å²) in [4.78, 5) is 19.3. The fraction of sp³-hybridized carbons (Fsp3) is 0.286. The minimum absolute atomic E-state index is 0.112. The number of benzene rings is 1. The molecule has 3 nitrogen and oxygen atoms in total. The Morgan fingerprint density at radius 1 is 1.37 bits per heavy atom. The molecule has 19 heavy (non-hydrogen) atoms. The van der Waals surface area contributed by atoms with Gasteiger partial charge < -0.3 is 4.98 Å². The molecule has 1 aliphatic carbocycles. The van der Waals surface area contributed by atoms with Crippen LogP contribution in [-0.2, 0) is 6.42 Å². The molecule has 1 aromatic heterocycles. The van der Waals surface area contributed by atoms with Crippen molar-refractivity contribution in [3.63, 3.8) is 0 Å². The molecule has 1 saturated carbocycles. The van der Waals surface area contributed by atoms with Crippen LogP contribution < -0.4 is 5.56 Å². The molecule has 0 radical (unpaired) electrons. The van der Waals surface area contributed by atoms with E-state index in [9.17, 15) is 4.79 Å². The fourth-order valence-corrected chi connectivity index (χ4v) is 2.77. The Balaban J connectivity index is 1.97. The first-order chi connectivity index (χ1) is 9.15. The second-order valence-corrected chi connectivity index (χ2v) is 5.95. The second-order valence-electron chi connectivity index (χ2n) is 4.75.